The lowest BCUT2D eigenvalue weighted by molar-refractivity contribution is -0.118. The molecule has 3 rings (SSSR count). The standard InChI is InChI=1S/C18H18N4O3/c1-12-3-5-13(6-4-12)17-20-18(22-21-17)19-16(23)11-25-15-9-7-14(24-2)8-10-15/h3-10H,11H2,1-2H3,(H2,19,20,21,22,23). The lowest BCUT2D eigenvalue weighted by atomic mass is 10.1. The number of hydrogen-bond donors (Lipinski definition) is 2. The van der Waals surface area contributed by atoms with Crippen LogP contribution < -0.4 is 14.8 Å². The van der Waals surface area contributed by atoms with Gasteiger partial charge in [0.2, 0.25) is 5.95 Å². The second kappa shape index (κ2) is 7.48. The van der Waals surface area contributed by atoms with Gasteiger partial charge in [0.1, 0.15) is 11.5 Å². The van der Waals surface area contributed by atoms with Crippen LogP contribution in [-0.2, 0) is 4.79 Å². The number of amides is 1. The van der Waals surface area contributed by atoms with Crippen molar-refractivity contribution in [3.8, 4) is 22.9 Å². The van der Waals surface area contributed by atoms with E-state index in [1.54, 1.807) is 31.4 Å². The fraction of sp³-hybridized carbons (Fsp3) is 0.167. The first-order chi connectivity index (χ1) is 12.1. The molecular weight excluding hydrogens is 320 g/mol. The maximum atomic E-state index is 11.9. The molecule has 25 heavy (non-hydrogen) atoms. The van der Waals surface area contributed by atoms with Gasteiger partial charge in [0.15, 0.2) is 12.4 Å². The Morgan fingerprint density at radius 2 is 1.76 bits per heavy atom. The summed E-state index contributed by atoms with van der Waals surface area (Å²) in [5.74, 6) is 1.75. The number of H-pyrrole nitrogens is 1. The highest BCUT2D eigenvalue weighted by molar-refractivity contribution is 5.90. The normalized spacial score (nSPS) is 10.3. The molecule has 128 valence electrons. The number of nitrogens with one attached hydrogen (secondary N) is 2. The highest BCUT2D eigenvalue weighted by Crippen LogP contribution is 2.18. The van der Waals surface area contributed by atoms with E-state index in [0.29, 0.717) is 11.6 Å². The second-order valence-corrected chi connectivity index (χ2v) is 5.39. The third-order valence-corrected chi connectivity index (χ3v) is 3.49. The van der Waals surface area contributed by atoms with Gasteiger partial charge in [-0.15, -0.1) is 5.10 Å². The Kier molecular flexibility index (Phi) is 4.94. The van der Waals surface area contributed by atoms with Crippen LogP contribution in [0.15, 0.2) is 48.5 Å². The highest BCUT2D eigenvalue weighted by Gasteiger charge is 2.09. The minimum Gasteiger partial charge on any atom is -0.497 e. The number of benzene rings is 2. The van der Waals surface area contributed by atoms with Crippen LogP contribution in [0.25, 0.3) is 11.4 Å². The Morgan fingerprint density at radius 1 is 1.08 bits per heavy atom. The maximum absolute atomic E-state index is 11.9. The van der Waals surface area contributed by atoms with Crippen LogP contribution in [0.1, 0.15) is 5.56 Å². The van der Waals surface area contributed by atoms with E-state index in [1.165, 1.54) is 0 Å². The average Bonchev–Trinajstić information content (AvgIpc) is 3.09. The van der Waals surface area contributed by atoms with E-state index < -0.39 is 0 Å². The summed E-state index contributed by atoms with van der Waals surface area (Å²) in [4.78, 5) is 16.2. The molecular formula is C18H18N4O3. The Labute approximate surface area is 145 Å². The van der Waals surface area contributed by atoms with Crippen molar-refractivity contribution in [1.82, 2.24) is 15.2 Å². The number of carbonyl (C=O) groups excluding carboxylic acids is 1. The van der Waals surface area contributed by atoms with Crippen molar-refractivity contribution in [2.45, 2.75) is 6.92 Å². The van der Waals surface area contributed by atoms with E-state index in [0.717, 1.165) is 16.9 Å². The van der Waals surface area contributed by atoms with Gasteiger partial charge in [-0.1, -0.05) is 29.8 Å². The van der Waals surface area contributed by atoms with Gasteiger partial charge in [-0.25, -0.2) is 0 Å². The molecule has 0 radical (unpaired) electrons. The minimum absolute atomic E-state index is 0.138. The maximum Gasteiger partial charge on any atom is 0.264 e. The molecule has 2 N–H and O–H groups in total. The lowest BCUT2D eigenvalue weighted by Crippen LogP contribution is -2.20. The number of nitrogens with zero attached hydrogens (tertiary/aromatic N) is 2. The molecule has 7 nitrogen and oxygen atoms in total. The summed E-state index contributed by atoms with van der Waals surface area (Å²) in [6.07, 6.45) is 0. The molecule has 7 heteroatoms. The Bertz CT molecular complexity index is 842. The van der Waals surface area contributed by atoms with Gasteiger partial charge in [-0.2, -0.15) is 4.98 Å². The van der Waals surface area contributed by atoms with E-state index in [9.17, 15) is 4.79 Å². The number of ether oxygens (including phenoxy) is 2. The molecule has 0 aliphatic carbocycles. The zero-order valence-electron chi connectivity index (χ0n) is 13.9. The highest BCUT2D eigenvalue weighted by atomic mass is 16.5. The summed E-state index contributed by atoms with van der Waals surface area (Å²) in [7, 11) is 1.59. The van der Waals surface area contributed by atoms with E-state index in [-0.39, 0.29) is 18.5 Å². The second-order valence-electron chi connectivity index (χ2n) is 5.39. The summed E-state index contributed by atoms with van der Waals surface area (Å²) >= 11 is 0. The van der Waals surface area contributed by atoms with Crippen molar-refractivity contribution in [2.24, 2.45) is 0 Å². The van der Waals surface area contributed by atoms with Gasteiger partial charge >= 0.3 is 0 Å². The van der Waals surface area contributed by atoms with E-state index >= 15 is 0 Å². The van der Waals surface area contributed by atoms with Crippen LogP contribution in [0.2, 0.25) is 0 Å². The van der Waals surface area contributed by atoms with Crippen LogP contribution in [0.4, 0.5) is 5.95 Å². The summed E-state index contributed by atoms with van der Waals surface area (Å²) < 4.78 is 10.5. The van der Waals surface area contributed by atoms with Crippen LogP contribution >= 0.6 is 0 Å². The molecule has 0 aliphatic rings. The third-order valence-electron chi connectivity index (χ3n) is 3.49. The minimum atomic E-state index is -0.342. The van der Waals surface area contributed by atoms with Gasteiger partial charge in [0.05, 0.1) is 7.11 Å². The van der Waals surface area contributed by atoms with Crippen molar-refractivity contribution in [2.75, 3.05) is 19.0 Å². The molecule has 1 heterocycles. The fourth-order valence-corrected chi connectivity index (χ4v) is 2.14. The summed E-state index contributed by atoms with van der Waals surface area (Å²) in [5, 5.41) is 9.39. The summed E-state index contributed by atoms with van der Waals surface area (Å²) in [5.41, 5.74) is 2.06. The first kappa shape index (κ1) is 16.5. The number of aromatic amines is 1. The zero-order chi connectivity index (χ0) is 17.6. The molecule has 0 spiro atoms. The smallest absolute Gasteiger partial charge is 0.264 e. The predicted octanol–water partition coefficient (Wildman–Crippen LogP) is 2.81. The molecule has 3 aromatic rings. The van der Waals surface area contributed by atoms with Gasteiger partial charge in [0.25, 0.3) is 5.91 Å². The number of methoxy groups -OCH3 is 1. The molecule has 0 saturated carbocycles. The number of rotatable bonds is 6. The molecule has 0 fully saturated rings. The molecule has 2 aromatic carbocycles. The predicted molar refractivity (Wildman–Crippen MR) is 93.7 cm³/mol. The fourth-order valence-electron chi connectivity index (χ4n) is 2.14. The van der Waals surface area contributed by atoms with Crippen LogP contribution in [0.5, 0.6) is 11.5 Å². The Hall–Kier alpha value is -3.35. The molecule has 0 aliphatic heterocycles. The molecule has 0 bridgehead atoms. The van der Waals surface area contributed by atoms with Crippen molar-refractivity contribution in [1.29, 1.82) is 0 Å². The van der Waals surface area contributed by atoms with Crippen molar-refractivity contribution >= 4 is 11.9 Å². The topological polar surface area (TPSA) is 89.1 Å². The first-order valence-corrected chi connectivity index (χ1v) is 7.70. The van der Waals surface area contributed by atoms with Crippen LogP contribution in [0, 0.1) is 6.92 Å². The van der Waals surface area contributed by atoms with Crippen molar-refractivity contribution in [3.05, 3.63) is 54.1 Å². The number of aromatic nitrogens is 3. The number of aryl methyl sites for hydroxylation is 1. The quantitative estimate of drug-likeness (QED) is 0.721. The largest absolute Gasteiger partial charge is 0.497 e. The first-order valence-electron chi connectivity index (χ1n) is 7.70. The summed E-state index contributed by atoms with van der Waals surface area (Å²) in [6.45, 7) is 1.87. The monoisotopic (exact) mass is 338 g/mol. The number of carbonyl (C=O) groups is 1. The number of hydrogen-bond acceptors (Lipinski definition) is 5. The molecule has 1 aromatic heterocycles. The molecule has 1 amide bonds. The van der Waals surface area contributed by atoms with Crippen molar-refractivity contribution in [3.63, 3.8) is 0 Å². The van der Waals surface area contributed by atoms with Gasteiger partial charge in [-0.3, -0.25) is 15.2 Å². The van der Waals surface area contributed by atoms with Crippen LogP contribution in [-0.4, -0.2) is 34.8 Å². The molecule has 0 atom stereocenters. The zero-order valence-corrected chi connectivity index (χ0v) is 13.9. The van der Waals surface area contributed by atoms with Crippen molar-refractivity contribution < 1.29 is 14.3 Å². The summed E-state index contributed by atoms with van der Waals surface area (Å²) in [6, 6.07) is 14.8. The van der Waals surface area contributed by atoms with E-state index in [4.69, 9.17) is 9.47 Å². The Morgan fingerprint density at radius 3 is 2.44 bits per heavy atom. The van der Waals surface area contributed by atoms with Gasteiger partial charge in [-0.05, 0) is 31.2 Å². The van der Waals surface area contributed by atoms with E-state index in [2.05, 4.69) is 20.5 Å². The molecule has 0 saturated heterocycles. The third kappa shape index (κ3) is 4.35. The SMILES string of the molecule is COc1ccc(OCC(=O)Nc2n[nH]c(-c3ccc(C)cc3)n2)cc1. The lowest BCUT2D eigenvalue weighted by Gasteiger charge is -2.06. The number of anilines is 1. The van der Waals surface area contributed by atoms with Gasteiger partial charge < -0.3 is 9.47 Å². The average molecular weight is 338 g/mol. The molecule has 0 unspecified atom stereocenters. The van der Waals surface area contributed by atoms with Crippen LogP contribution in [0.3, 0.4) is 0 Å². The van der Waals surface area contributed by atoms with E-state index in [1.807, 2.05) is 31.2 Å². The Balaban J connectivity index is 1.55. The van der Waals surface area contributed by atoms with Gasteiger partial charge in [0, 0.05) is 5.56 Å².